The molecule has 1 aromatic rings. The molecule has 0 spiro atoms. The monoisotopic (exact) mass is 287 g/mol. The zero-order valence-electron chi connectivity index (χ0n) is 9.83. The van der Waals surface area contributed by atoms with Crippen LogP contribution in [0, 0.1) is 0 Å². The molecule has 1 atom stereocenters. The number of carboxylic acids is 2. The van der Waals surface area contributed by atoms with Crippen LogP contribution >= 0.6 is 11.3 Å². The summed E-state index contributed by atoms with van der Waals surface area (Å²) < 4.78 is 0. The van der Waals surface area contributed by atoms with Crippen molar-refractivity contribution in [3.05, 3.63) is 16.6 Å². The average Bonchev–Trinajstić information content (AvgIpc) is 2.84. The average molecular weight is 287 g/mol. The largest absolute Gasteiger partial charge is 0.481 e. The molecular weight excluding hydrogens is 274 g/mol. The zero-order valence-corrected chi connectivity index (χ0v) is 10.6. The van der Waals surface area contributed by atoms with Crippen LogP contribution in [0.25, 0.3) is 0 Å². The third-order valence-electron chi connectivity index (χ3n) is 2.16. The van der Waals surface area contributed by atoms with Gasteiger partial charge in [0.1, 0.15) is 6.04 Å². The van der Waals surface area contributed by atoms with Gasteiger partial charge in [0.25, 0.3) is 0 Å². The van der Waals surface area contributed by atoms with Crippen LogP contribution in [0.5, 0.6) is 0 Å². The van der Waals surface area contributed by atoms with E-state index in [1.807, 2.05) is 0 Å². The van der Waals surface area contributed by atoms with E-state index in [0.29, 0.717) is 0 Å². The first kappa shape index (κ1) is 14.9. The van der Waals surface area contributed by atoms with Crippen molar-refractivity contribution in [2.75, 3.05) is 0 Å². The van der Waals surface area contributed by atoms with Gasteiger partial charge in [0.2, 0.25) is 0 Å². The summed E-state index contributed by atoms with van der Waals surface area (Å²) in [6.45, 7) is 0.238. The van der Waals surface area contributed by atoms with E-state index >= 15 is 0 Å². The number of amides is 2. The van der Waals surface area contributed by atoms with Crippen molar-refractivity contribution in [2.45, 2.75) is 25.4 Å². The Morgan fingerprint density at radius 1 is 1.37 bits per heavy atom. The summed E-state index contributed by atoms with van der Waals surface area (Å²) in [5.41, 5.74) is 1.61. The molecule has 0 aliphatic carbocycles. The van der Waals surface area contributed by atoms with Gasteiger partial charge in [-0.05, 0) is 6.42 Å². The molecule has 0 aromatic carbocycles. The van der Waals surface area contributed by atoms with Crippen LogP contribution in [-0.2, 0) is 16.1 Å². The van der Waals surface area contributed by atoms with E-state index in [9.17, 15) is 14.4 Å². The van der Waals surface area contributed by atoms with E-state index in [2.05, 4.69) is 15.6 Å². The lowest BCUT2D eigenvalue weighted by atomic mass is 10.1. The first-order valence-electron chi connectivity index (χ1n) is 5.35. The Balaban J connectivity index is 2.38. The van der Waals surface area contributed by atoms with Crippen molar-refractivity contribution < 1.29 is 24.6 Å². The lowest BCUT2D eigenvalue weighted by molar-refractivity contribution is -0.140. The van der Waals surface area contributed by atoms with Crippen molar-refractivity contribution in [2.24, 2.45) is 0 Å². The van der Waals surface area contributed by atoms with Gasteiger partial charge in [-0.1, -0.05) is 0 Å². The predicted octanol–water partition coefficient (Wildman–Crippen LogP) is 0.260. The number of nitrogens with zero attached hydrogens (tertiary/aromatic N) is 1. The quantitative estimate of drug-likeness (QED) is 0.569. The summed E-state index contributed by atoms with van der Waals surface area (Å²) in [7, 11) is 0. The van der Waals surface area contributed by atoms with E-state index in [4.69, 9.17) is 10.2 Å². The SMILES string of the molecule is O=C(O)CC[C@H](NC(=O)NCc1cncs1)C(=O)O. The van der Waals surface area contributed by atoms with Crippen LogP contribution in [-0.4, -0.2) is 39.2 Å². The third-order valence-corrected chi connectivity index (χ3v) is 2.94. The molecule has 0 unspecified atom stereocenters. The van der Waals surface area contributed by atoms with Crippen molar-refractivity contribution in [3.63, 3.8) is 0 Å². The maximum Gasteiger partial charge on any atom is 0.326 e. The molecule has 1 heterocycles. The molecule has 8 nitrogen and oxygen atoms in total. The standard InChI is InChI=1S/C10H13N3O5S/c14-8(15)2-1-7(9(16)17)13-10(18)12-4-6-3-11-5-19-6/h3,5,7H,1-2,4H2,(H,14,15)(H,16,17)(H2,12,13,18)/t7-/m0/s1. The fourth-order valence-electron chi connectivity index (χ4n) is 1.23. The number of carbonyl (C=O) groups excluding carboxylic acids is 1. The minimum atomic E-state index is -1.27. The highest BCUT2D eigenvalue weighted by Gasteiger charge is 2.20. The fourth-order valence-corrected chi connectivity index (χ4v) is 1.77. The Hall–Kier alpha value is -2.16. The number of urea groups is 1. The highest BCUT2D eigenvalue weighted by atomic mass is 32.1. The molecular formula is C10H13N3O5S. The molecule has 9 heteroatoms. The lowest BCUT2D eigenvalue weighted by Gasteiger charge is -2.13. The molecule has 104 valence electrons. The second kappa shape index (κ2) is 7.31. The van der Waals surface area contributed by atoms with E-state index in [0.717, 1.165) is 4.88 Å². The van der Waals surface area contributed by atoms with Crippen molar-refractivity contribution in [1.29, 1.82) is 0 Å². The Morgan fingerprint density at radius 2 is 2.11 bits per heavy atom. The van der Waals surface area contributed by atoms with E-state index < -0.39 is 24.0 Å². The molecule has 0 fully saturated rings. The van der Waals surface area contributed by atoms with Gasteiger partial charge in [-0.15, -0.1) is 11.3 Å². The molecule has 0 saturated carbocycles. The van der Waals surface area contributed by atoms with Crippen LogP contribution in [0.1, 0.15) is 17.7 Å². The Labute approximate surface area is 112 Å². The van der Waals surface area contributed by atoms with E-state index in [1.54, 1.807) is 11.7 Å². The number of thiazole rings is 1. The van der Waals surface area contributed by atoms with Gasteiger partial charge in [0.15, 0.2) is 0 Å². The summed E-state index contributed by atoms with van der Waals surface area (Å²) in [4.78, 5) is 37.3. The number of aromatic nitrogens is 1. The summed E-state index contributed by atoms with van der Waals surface area (Å²) in [6.07, 6.45) is 1.09. The number of carboxylic acid groups (broad SMARTS) is 2. The number of carbonyl (C=O) groups is 3. The second-order valence-corrected chi connectivity index (χ2v) is 4.59. The number of aliphatic carboxylic acids is 2. The first-order valence-corrected chi connectivity index (χ1v) is 6.23. The lowest BCUT2D eigenvalue weighted by Crippen LogP contribution is -2.45. The van der Waals surface area contributed by atoms with Gasteiger partial charge in [-0.3, -0.25) is 9.78 Å². The van der Waals surface area contributed by atoms with Crippen LogP contribution in [0.2, 0.25) is 0 Å². The minimum Gasteiger partial charge on any atom is -0.481 e. The molecule has 0 radical (unpaired) electrons. The van der Waals surface area contributed by atoms with Gasteiger partial charge in [0.05, 0.1) is 12.1 Å². The molecule has 0 aliphatic rings. The Bertz CT molecular complexity index is 448. The maximum absolute atomic E-state index is 11.4. The summed E-state index contributed by atoms with van der Waals surface area (Å²) in [5.74, 6) is -2.38. The smallest absolute Gasteiger partial charge is 0.326 e. The molecule has 0 bridgehead atoms. The van der Waals surface area contributed by atoms with Gasteiger partial charge in [0, 0.05) is 17.5 Å². The third kappa shape index (κ3) is 5.82. The molecule has 1 aromatic heterocycles. The van der Waals surface area contributed by atoms with Crippen LogP contribution in [0.3, 0.4) is 0 Å². The number of nitrogens with one attached hydrogen (secondary N) is 2. The van der Waals surface area contributed by atoms with Crippen LogP contribution in [0.15, 0.2) is 11.7 Å². The first-order chi connectivity index (χ1) is 8.99. The molecule has 0 saturated heterocycles. The maximum atomic E-state index is 11.4. The van der Waals surface area contributed by atoms with Crippen LogP contribution in [0.4, 0.5) is 4.79 Å². The van der Waals surface area contributed by atoms with Crippen molar-refractivity contribution in [3.8, 4) is 0 Å². The van der Waals surface area contributed by atoms with Crippen molar-refractivity contribution in [1.82, 2.24) is 15.6 Å². The number of hydrogen-bond acceptors (Lipinski definition) is 5. The molecule has 4 N–H and O–H groups in total. The zero-order chi connectivity index (χ0) is 14.3. The topological polar surface area (TPSA) is 129 Å². The molecule has 1 rings (SSSR count). The van der Waals surface area contributed by atoms with E-state index in [-0.39, 0.29) is 19.4 Å². The normalized spacial score (nSPS) is 11.6. The second-order valence-electron chi connectivity index (χ2n) is 3.62. The number of rotatable bonds is 7. The molecule has 2 amide bonds. The predicted molar refractivity (Wildman–Crippen MR) is 65.8 cm³/mol. The van der Waals surface area contributed by atoms with Crippen LogP contribution < -0.4 is 10.6 Å². The van der Waals surface area contributed by atoms with Gasteiger partial charge >= 0.3 is 18.0 Å². The number of hydrogen-bond donors (Lipinski definition) is 4. The highest BCUT2D eigenvalue weighted by Crippen LogP contribution is 2.04. The Morgan fingerprint density at radius 3 is 2.63 bits per heavy atom. The highest BCUT2D eigenvalue weighted by molar-refractivity contribution is 7.09. The molecule has 19 heavy (non-hydrogen) atoms. The van der Waals surface area contributed by atoms with Crippen molar-refractivity contribution >= 4 is 29.3 Å². The fraction of sp³-hybridized carbons (Fsp3) is 0.400. The molecule has 0 aliphatic heterocycles. The van der Waals surface area contributed by atoms with Gasteiger partial charge in [-0.25, -0.2) is 9.59 Å². The van der Waals surface area contributed by atoms with E-state index in [1.165, 1.54) is 11.3 Å². The minimum absolute atomic E-state index is 0.168. The van der Waals surface area contributed by atoms with Gasteiger partial charge in [-0.2, -0.15) is 0 Å². The van der Waals surface area contributed by atoms with Gasteiger partial charge < -0.3 is 20.8 Å². The summed E-state index contributed by atoms with van der Waals surface area (Å²) in [6, 6.07) is -1.89. The Kier molecular flexibility index (Phi) is 5.73. The summed E-state index contributed by atoms with van der Waals surface area (Å²) in [5, 5.41) is 22.0. The summed E-state index contributed by atoms with van der Waals surface area (Å²) >= 11 is 1.36.